The molecule has 18 heavy (non-hydrogen) atoms. The highest BCUT2D eigenvalue weighted by Gasteiger charge is 2.49. The zero-order valence-corrected chi connectivity index (χ0v) is 11.8. The van der Waals surface area contributed by atoms with Gasteiger partial charge in [0.1, 0.15) is 11.6 Å². The van der Waals surface area contributed by atoms with Crippen molar-refractivity contribution in [2.45, 2.75) is 31.6 Å². The number of rotatable bonds is 3. The lowest BCUT2D eigenvalue weighted by atomic mass is 9.63. The van der Waals surface area contributed by atoms with Gasteiger partial charge < -0.3 is 9.84 Å². The van der Waals surface area contributed by atoms with E-state index in [0.717, 1.165) is 6.42 Å². The van der Waals surface area contributed by atoms with Crippen molar-refractivity contribution in [1.82, 2.24) is 0 Å². The maximum absolute atomic E-state index is 13.8. The smallest absolute Gasteiger partial charge is 0.314 e. The van der Waals surface area contributed by atoms with Crippen molar-refractivity contribution in [1.29, 1.82) is 0 Å². The van der Waals surface area contributed by atoms with Gasteiger partial charge in [0.25, 0.3) is 0 Å². The van der Waals surface area contributed by atoms with Gasteiger partial charge in [0.15, 0.2) is 0 Å². The van der Waals surface area contributed by atoms with E-state index in [0.29, 0.717) is 34.2 Å². The van der Waals surface area contributed by atoms with Gasteiger partial charge >= 0.3 is 5.97 Å². The summed E-state index contributed by atoms with van der Waals surface area (Å²) in [6.45, 7) is 1.60. The number of carboxylic acid groups (broad SMARTS) is 1. The van der Waals surface area contributed by atoms with Crippen LogP contribution in [0.3, 0.4) is 0 Å². The molecule has 0 amide bonds. The van der Waals surface area contributed by atoms with E-state index in [2.05, 4.69) is 15.9 Å². The van der Waals surface area contributed by atoms with Gasteiger partial charge in [0.2, 0.25) is 0 Å². The summed E-state index contributed by atoms with van der Waals surface area (Å²) in [6, 6.07) is 1.31. The number of aliphatic carboxylic acids is 1. The number of carbonyl (C=O) groups is 1. The predicted octanol–water partition coefficient (Wildman–Crippen LogP) is 3.41. The van der Waals surface area contributed by atoms with Crippen LogP contribution in [-0.4, -0.2) is 18.2 Å². The van der Waals surface area contributed by atoms with Gasteiger partial charge in [-0.25, -0.2) is 4.39 Å². The molecule has 1 aromatic carbocycles. The van der Waals surface area contributed by atoms with Gasteiger partial charge in [-0.05, 0) is 47.3 Å². The first kappa shape index (κ1) is 13.3. The van der Waals surface area contributed by atoms with Gasteiger partial charge in [0.05, 0.1) is 17.0 Å². The molecule has 0 atom stereocenters. The highest BCUT2D eigenvalue weighted by atomic mass is 79.9. The van der Waals surface area contributed by atoms with Gasteiger partial charge in [-0.2, -0.15) is 0 Å². The lowest BCUT2D eigenvalue weighted by Gasteiger charge is -2.40. The Kier molecular flexibility index (Phi) is 3.36. The highest BCUT2D eigenvalue weighted by Crippen LogP contribution is 2.51. The van der Waals surface area contributed by atoms with Crippen LogP contribution in [0.4, 0.5) is 4.39 Å². The summed E-state index contributed by atoms with van der Waals surface area (Å²) in [5.41, 5.74) is -0.173. The Morgan fingerprint density at radius 2 is 2.17 bits per heavy atom. The normalized spacial score (nSPS) is 17.1. The second-order valence-electron chi connectivity index (χ2n) is 4.61. The first-order valence-electron chi connectivity index (χ1n) is 5.70. The van der Waals surface area contributed by atoms with E-state index in [-0.39, 0.29) is 0 Å². The molecule has 2 rings (SSSR count). The third-order valence-electron chi connectivity index (χ3n) is 3.73. The Bertz CT molecular complexity index is 509. The van der Waals surface area contributed by atoms with Crippen LogP contribution in [0.25, 0.3) is 0 Å². The van der Waals surface area contributed by atoms with Gasteiger partial charge in [-0.15, -0.1) is 0 Å². The molecule has 1 aromatic rings. The number of halogens is 2. The minimum Gasteiger partial charge on any atom is -0.495 e. The molecule has 1 aliphatic rings. The molecule has 98 valence electrons. The van der Waals surface area contributed by atoms with Crippen LogP contribution in [0.1, 0.15) is 30.4 Å². The minimum absolute atomic E-state index is 0.358. The number of ether oxygens (including phenoxy) is 1. The summed E-state index contributed by atoms with van der Waals surface area (Å²) in [7, 11) is 1.47. The molecule has 1 fully saturated rings. The Morgan fingerprint density at radius 1 is 1.56 bits per heavy atom. The largest absolute Gasteiger partial charge is 0.495 e. The summed E-state index contributed by atoms with van der Waals surface area (Å²) >= 11 is 3.23. The van der Waals surface area contributed by atoms with Crippen molar-refractivity contribution >= 4 is 21.9 Å². The molecule has 0 radical (unpaired) electrons. The van der Waals surface area contributed by atoms with Crippen molar-refractivity contribution in [2.75, 3.05) is 7.11 Å². The lowest BCUT2D eigenvalue weighted by molar-refractivity contribution is -0.147. The van der Waals surface area contributed by atoms with Gasteiger partial charge in [0, 0.05) is 5.56 Å². The number of carboxylic acids is 1. The third-order valence-corrected chi connectivity index (χ3v) is 4.32. The maximum atomic E-state index is 13.8. The Morgan fingerprint density at radius 3 is 2.56 bits per heavy atom. The number of benzene rings is 1. The van der Waals surface area contributed by atoms with Gasteiger partial charge in [-0.1, -0.05) is 6.42 Å². The lowest BCUT2D eigenvalue weighted by Crippen LogP contribution is -2.43. The molecular weight excluding hydrogens is 303 g/mol. The van der Waals surface area contributed by atoms with Crippen LogP contribution in [-0.2, 0) is 10.2 Å². The first-order chi connectivity index (χ1) is 8.44. The second-order valence-corrected chi connectivity index (χ2v) is 5.47. The molecule has 0 aromatic heterocycles. The molecule has 0 spiro atoms. The monoisotopic (exact) mass is 316 g/mol. The summed E-state index contributed by atoms with van der Waals surface area (Å²) in [5, 5.41) is 9.47. The minimum atomic E-state index is -1.000. The maximum Gasteiger partial charge on any atom is 0.314 e. The molecule has 0 bridgehead atoms. The Balaban J connectivity index is 2.72. The standard InChI is InChI=1S/C13H14BrFO3/c1-7-9(15)6-8(14)11(18-2)10(7)13(12(16)17)4-3-5-13/h6H,3-5H2,1-2H3,(H,16,17). The van der Waals surface area contributed by atoms with E-state index in [1.165, 1.54) is 13.2 Å². The van der Waals surface area contributed by atoms with Crippen molar-refractivity contribution in [3.8, 4) is 5.75 Å². The third kappa shape index (κ3) is 1.72. The van der Waals surface area contributed by atoms with Gasteiger partial charge in [-0.3, -0.25) is 4.79 Å². The van der Waals surface area contributed by atoms with Crippen LogP contribution in [0, 0.1) is 12.7 Å². The van der Waals surface area contributed by atoms with Crippen molar-refractivity contribution in [3.05, 3.63) is 27.5 Å². The predicted molar refractivity (Wildman–Crippen MR) is 68.6 cm³/mol. The highest BCUT2D eigenvalue weighted by molar-refractivity contribution is 9.10. The fourth-order valence-corrected chi connectivity index (χ4v) is 3.13. The summed E-state index contributed by atoms with van der Waals surface area (Å²) in [5.74, 6) is -0.895. The van der Waals surface area contributed by atoms with Crippen LogP contribution in [0.15, 0.2) is 10.5 Å². The topological polar surface area (TPSA) is 46.5 Å². The molecule has 5 heteroatoms. The van der Waals surface area contributed by atoms with E-state index in [1.54, 1.807) is 6.92 Å². The summed E-state index contributed by atoms with van der Waals surface area (Å²) in [4.78, 5) is 11.6. The summed E-state index contributed by atoms with van der Waals surface area (Å²) < 4.78 is 19.6. The first-order valence-corrected chi connectivity index (χ1v) is 6.50. The van der Waals surface area contributed by atoms with E-state index in [4.69, 9.17) is 4.74 Å². The Labute approximate surface area is 113 Å². The molecule has 1 saturated carbocycles. The quantitative estimate of drug-likeness (QED) is 0.929. The van der Waals surface area contributed by atoms with E-state index in [9.17, 15) is 14.3 Å². The van der Waals surface area contributed by atoms with Crippen LogP contribution in [0.5, 0.6) is 5.75 Å². The fraction of sp³-hybridized carbons (Fsp3) is 0.462. The van der Waals surface area contributed by atoms with E-state index < -0.39 is 17.2 Å². The van der Waals surface area contributed by atoms with Crippen molar-refractivity contribution < 1.29 is 19.0 Å². The molecule has 0 saturated heterocycles. The van der Waals surface area contributed by atoms with Crippen LogP contribution < -0.4 is 4.74 Å². The molecular formula is C13H14BrFO3. The second kappa shape index (κ2) is 4.53. The van der Waals surface area contributed by atoms with Crippen LogP contribution >= 0.6 is 15.9 Å². The van der Waals surface area contributed by atoms with Crippen molar-refractivity contribution in [2.24, 2.45) is 0 Å². The molecule has 0 unspecified atom stereocenters. The SMILES string of the molecule is COc1c(Br)cc(F)c(C)c1C1(C(=O)O)CCC1. The zero-order chi connectivity index (χ0) is 13.5. The molecule has 3 nitrogen and oxygen atoms in total. The van der Waals surface area contributed by atoms with E-state index >= 15 is 0 Å². The van der Waals surface area contributed by atoms with Crippen molar-refractivity contribution in [3.63, 3.8) is 0 Å². The number of hydrogen-bond donors (Lipinski definition) is 1. The van der Waals surface area contributed by atoms with Crippen LogP contribution in [0.2, 0.25) is 0 Å². The van der Waals surface area contributed by atoms with E-state index in [1.807, 2.05) is 0 Å². The molecule has 1 N–H and O–H groups in total. The average molecular weight is 317 g/mol. The number of methoxy groups -OCH3 is 1. The molecule has 0 aliphatic heterocycles. The summed E-state index contributed by atoms with van der Waals surface area (Å²) in [6.07, 6.45) is 1.88. The fourth-order valence-electron chi connectivity index (χ4n) is 2.57. The average Bonchev–Trinajstić information content (AvgIpc) is 2.23. The Hall–Kier alpha value is -1.10. The molecule has 0 heterocycles. The number of hydrogen-bond acceptors (Lipinski definition) is 2. The zero-order valence-electron chi connectivity index (χ0n) is 10.2. The molecule has 1 aliphatic carbocycles.